The Bertz CT molecular complexity index is 5610. The first-order valence-electron chi connectivity index (χ1n) is 51.1. The Hall–Kier alpha value is -9.14. The van der Waals surface area contributed by atoms with E-state index in [0.717, 1.165) is 86.8 Å². The van der Waals surface area contributed by atoms with Gasteiger partial charge in [-0.1, -0.05) is 180 Å². The molecule has 0 aliphatic carbocycles. The fourth-order valence-electron chi connectivity index (χ4n) is 18.5. The summed E-state index contributed by atoms with van der Waals surface area (Å²) in [7, 11) is 1.64. The number of likely N-dealkylation sites (tertiary alicyclic amines) is 4. The smallest absolute Gasteiger partial charge is 0.851 e. The second-order valence-electron chi connectivity index (χ2n) is 48.2. The predicted octanol–water partition coefficient (Wildman–Crippen LogP) is 14.4. The fourth-order valence-corrected chi connectivity index (χ4v) is 21.8. The van der Waals surface area contributed by atoms with Gasteiger partial charge in [0, 0.05) is 75.5 Å². The SMILES string of the molecule is CC(=O)O[C@@H]1C[C@H](C(=O)N[C@H](C)c2ccc(-c3scnc3C)cc2)N(C(=O)[C@H](NC(C)(C)C)C(C)(C)C)C1.CC(=O)O[C@H]1C[C@H](C(=O)N[C@H](C)c2ccc(-c3scnc3C)cc2)N(C(=O)[C@H](NC(C)(C)C)C(C)(C)C)C1.CO[C@H]1C[C@H](C(=O)N[C@H](C)c2ccc(-c3scnc3C)cc2)N(C(=O)[C@H](NC(C)(C)C)C(C)(C)C)C1.Cc1ncsc1-c1ccc([C@@H](C)NC(=O)[C@H]2C[C@H]([O-])CN2C(=O)[C@H](NC(C)(C)C)C(C)(C)C)cc1.[Na+]. The zero-order chi connectivity index (χ0) is 110. The zero-order valence-corrected chi connectivity index (χ0v) is 99.6. The van der Waals surface area contributed by atoms with Crippen molar-refractivity contribution in [3.8, 4) is 41.8 Å². The number of methoxy groups -OCH3 is 1. The Labute approximate surface area is 917 Å². The summed E-state index contributed by atoms with van der Waals surface area (Å²) in [5, 5.41) is 38.6. The Morgan fingerprint density at radius 3 is 0.703 bits per heavy atom. The van der Waals surface area contributed by atoms with Crippen molar-refractivity contribution < 1.29 is 96.8 Å². The van der Waals surface area contributed by atoms with Crippen LogP contribution in [0.25, 0.3) is 41.8 Å². The average Bonchev–Trinajstić information content (AvgIpc) is 1.63. The average molecular weight is 2120 g/mol. The summed E-state index contributed by atoms with van der Waals surface area (Å²) in [5.74, 6) is -2.38. The van der Waals surface area contributed by atoms with Crippen LogP contribution in [0.15, 0.2) is 119 Å². The van der Waals surface area contributed by atoms with Crippen LogP contribution in [0, 0.1) is 49.4 Å². The van der Waals surface area contributed by atoms with Gasteiger partial charge in [0.1, 0.15) is 36.4 Å². The maximum Gasteiger partial charge on any atom is 1.00 e. The van der Waals surface area contributed by atoms with Gasteiger partial charge in [0.2, 0.25) is 47.3 Å². The standard InChI is InChI=1S/2C29H42N4O4S.C28H42N4O3S.C27H39N4O3S.Na/c2*1-17(20-10-12-21(13-11-20)24-18(2)30-16-38-24)31-26(35)23-14-22(37-19(3)34)15-33(23)27(36)25(28(4,5)6)32-29(7,8)9;1-17(19-10-12-20(13-11-19)23-18(2)29-16-36-23)30-25(33)22-14-21(35-9)15-32(22)26(34)24(27(3,4)5)31-28(6,7)8;1-16(18-9-11-19(12-10-18)22-17(2)28-15-35-22)29-24(33)21-13-20(32)14-31(21)25(34)23(26(3,4)5)30-27(6,7)8;/h2*10-13,16-17,22-23,25,32H,14-15H2,1-9H3,(H,31,35);10-13,16-17,21-22,24,31H,14-15H2,1-9H3,(H,30,33);9-12,15-16,20-21,23,30H,13-14H2,1-8H3,(H,29,33);/q;;;-1;+1/t17-,22+,23-,25+;17-,22-,23-,25+;17-,21+,22-,24+;16-,20+,21-,23+;/m1111./s1. The van der Waals surface area contributed by atoms with Gasteiger partial charge in [0.05, 0.1) is 132 Å². The molecule has 4 aliphatic heterocycles. The van der Waals surface area contributed by atoms with Gasteiger partial charge in [-0.05, 0) is 211 Å². The summed E-state index contributed by atoms with van der Waals surface area (Å²) in [6.45, 7) is 67.6. The number of nitrogens with one attached hydrogen (secondary N) is 8. The van der Waals surface area contributed by atoms with Crippen LogP contribution in [0.5, 0.6) is 0 Å². The van der Waals surface area contributed by atoms with E-state index in [2.05, 4.69) is 74.6 Å². The van der Waals surface area contributed by atoms with Crippen molar-refractivity contribution in [2.24, 2.45) is 21.7 Å². The molecule has 0 spiro atoms. The first-order chi connectivity index (χ1) is 68.0. The van der Waals surface area contributed by atoms with Gasteiger partial charge in [0.15, 0.2) is 0 Å². The second kappa shape index (κ2) is 51.5. The molecule has 8 N–H and O–H groups in total. The number of thiazole rings is 4. The monoisotopic (exact) mass is 2120 g/mol. The number of hydrogen-bond acceptors (Lipinski definition) is 26. The minimum absolute atomic E-state index is 0. The van der Waals surface area contributed by atoms with Gasteiger partial charge in [-0.2, -0.15) is 0 Å². The van der Waals surface area contributed by atoms with Gasteiger partial charge in [-0.3, -0.25) is 47.9 Å². The van der Waals surface area contributed by atoms with E-state index in [0.29, 0.717) is 13.0 Å². The van der Waals surface area contributed by atoms with Crippen LogP contribution >= 0.6 is 45.3 Å². The number of ether oxygens (including phenoxy) is 3. The molecule has 4 aliphatic rings. The van der Waals surface area contributed by atoms with Crippen molar-refractivity contribution in [2.75, 3.05) is 33.3 Å². The number of nitrogens with zero attached hydrogens (tertiary/aromatic N) is 8. The van der Waals surface area contributed by atoms with Crippen LogP contribution in [0.1, 0.15) is 303 Å². The molecule has 148 heavy (non-hydrogen) atoms. The molecular weight excluding hydrogens is 1960 g/mol. The Morgan fingerprint density at radius 1 is 0.324 bits per heavy atom. The fraction of sp³-hybridized carbons (Fsp3) is 0.593. The van der Waals surface area contributed by atoms with E-state index in [4.69, 9.17) is 14.2 Å². The molecule has 806 valence electrons. The maximum atomic E-state index is 13.9. The molecule has 8 amide bonds. The van der Waals surface area contributed by atoms with E-state index in [1.165, 1.54) is 18.7 Å². The molecule has 30 nitrogen and oxygen atoms in total. The molecule has 8 heterocycles. The number of rotatable bonds is 27. The zero-order valence-electron chi connectivity index (χ0n) is 94.4. The Kier molecular flexibility index (Phi) is 43.2. The molecule has 4 fully saturated rings. The number of benzene rings is 4. The van der Waals surface area contributed by atoms with Crippen LogP contribution in [0.3, 0.4) is 0 Å². The number of carbonyl (C=O) groups is 10. The summed E-state index contributed by atoms with van der Waals surface area (Å²) in [6, 6.07) is 26.6. The topological polar surface area (TPSA) is 382 Å². The van der Waals surface area contributed by atoms with E-state index in [1.807, 2.05) is 329 Å². The molecule has 0 saturated carbocycles. The molecule has 4 aromatic heterocycles. The van der Waals surface area contributed by atoms with Crippen molar-refractivity contribution in [1.29, 1.82) is 0 Å². The minimum atomic E-state index is -0.970. The first kappa shape index (κ1) is 124. The van der Waals surface area contributed by atoms with Crippen molar-refractivity contribution in [1.82, 2.24) is 82.1 Å². The van der Waals surface area contributed by atoms with E-state index in [-0.39, 0.29) is 179 Å². The second-order valence-corrected chi connectivity index (χ2v) is 51.6. The van der Waals surface area contributed by atoms with E-state index >= 15 is 0 Å². The van der Waals surface area contributed by atoms with E-state index in [1.54, 1.807) is 67.2 Å². The molecule has 0 bridgehead atoms. The molecular formula is C113H165N16NaO14S4. The predicted molar refractivity (Wildman–Crippen MR) is 586 cm³/mol. The molecule has 35 heteroatoms. The van der Waals surface area contributed by atoms with E-state index < -0.39 is 89.4 Å². The number of amides is 8. The van der Waals surface area contributed by atoms with Crippen LogP contribution in [0.4, 0.5) is 0 Å². The van der Waals surface area contributed by atoms with Gasteiger partial charge >= 0.3 is 41.5 Å². The van der Waals surface area contributed by atoms with E-state index in [9.17, 15) is 53.1 Å². The number of esters is 2. The molecule has 0 unspecified atom stereocenters. The molecule has 0 radical (unpaired) electrons. The van der Waals surface area contributed by atoms with Crippen LogP contribution in [-0.2, 0) is 62.2 Å². The summed E-state index contributed by atoms with van der Waals surface area (Å²) >= 11 is 6.42. The molecule has 12 rings (SSSR count). The molecule has 4 saturated heterocycles. The first-order valence-corrected chi connectivity index (χ1v) is 54.6. The Morgan fingerprint density at radius 2 is 0.520 bits per heavy atom. The van der Waals surface area contributed by atoms with Gasteiger partial charge in [-0.15, -0.1) is 51.5 Å². The number of aromatic nitrogens is 4. The summed E-state index contributed by atoms with van der Waals surface area (Å²) in [4.78, 5) is 161. The normalized spacial score (nSPS) is 19.9. The third-order valence-corrected chi connectivity index (χ3v) is 30.2. The third kappa shape index (κ3) is 34.9. The number of carbonyl (C=O) groups excluding carboxylic acids is 10. The largest absolute Gasteiger partial charge is 1.00 e. The maximum absolute atomic E-state index is 13.9. The van der Waals surface area contributed by atoms with Crippen LogP contribution in [0.2, 0.25) is 0 Å². The Balaban J connectivity index is 0.000000240. The number of hydrogen-bond donors (Lipinski definition) is 8. The summed E-state index contributed by atoms with van der Waals surface area (Å²) in [6.07, 6.45) is -1.06. The van der Waals surface area contributed by atoms with Crippen LogP contribution < -0.4 is 77.2 Å². The number of aryl methyl sites for hydroxylation is 4. The summed E-state index contributed by atoms with van der Waals surface area (Å²) < 4.78 is 16.5. The minimum Gasteiger partial charge on any atom is -0.851 e. The summed E-state index contributed by atoms with van der Waals surface area (Å²) in [5.41, 5.74) is 17.0. The van der Waals surface area contributed by atoms with Crippen molar-refractivity contribution in [3.63, 3.8) is 0 Å². The van der Waals surface area contributed by atoms with Crippen molar-refractivity contribution >= 4 is 105 Å². The molecule has 4 aromatic carbocycles. The van der Waals surface area contributed by atoms with Crippen molar-refractivity contribution in [3.05, 3.63) is 164 Å². The van der Waals surface area contributed by atoms with Gasteiger partial charge < -0.3 is 81.5 Å². The van der Waals surface area contributed by atoms with Gasteiger partial charge in [0.25, 0.3) is 0 Å². The van der Waals surface area contributed by atoms with Crippen molar-refractivity contribution in [2.45, 2.75) is 380 Å². The third-order valence-electron chi connectivity index (χ3n) is 26.3. The molecule has 8 aromatic rings. The molecule has 16 atom stereocenters. The van der Waals surface area contributed by atoms with Gasteiger partial charge in [-0.25, -0.2) is 19.9 Å². The van der Waals surface area contributed by atoms with Crippen LogP contribution in [-0.4, -0.2) is 227 Å². The quantitative estimate of drug-likeness (QED) is 0.0175.